The van der Waals surface area contributed by atoms with E-state index in [4.69, 9.17) is 11.6 Å². The summed E-state index contributed by atoms with van der Waals surface area (Å²) in [7, 11) is 1.51. The van der Waals surface area contributed by atoms with Crippen molar-refractivity contribution in [3.05, 3.63) is 45.4 Å². The van der Waals surface area contributed by atoms with Gasteiger partial charge in [-0.15, -0.1) is 5.10 Å². The SMILES string of the molecule is CN(Cc1ccccc1Cl)C(=O)c1snnc1C(F)F. The normalized spacial score (nSPS) is 10.8. The Balaban J connectivity index is 2.17. The molecule has 8 heteroatoms. The van der Waals surface area contributed by atoms with Gasteiger partial charge in [-0.05, 0) is 23.2 Å². The summed E-state index contributed by atoms with van der Waals surface area (Å²) in [5.41, 5.74) is 0.159. The van der Waals surface area contributed by atoms with Crippen molar-refractivity contribution >= 4 is 29.0 Å². The minimum atomic E-state index is -2.82. The molecule has 0 spiro atoms. The van der Waals surface area contributed by atoms with E-state index >= 15 is 0 Å². The Kier molecular flexibility index (Phi) is 4.61. The van der Waals surface area contributed by atoms with Crippen LogP contribution in [-0.4, -0.2) is 27.4 Å². The predicted molar refractivity (Wildman–Crippen MR) is 72.1 cm³/mol. The minimum Gasteiger partial charge on any atom is -0.337 e. The van der Waals surface area contributed by atoms with Crippen LogP contribution < -0.4 is 0 Å². The number of hydrogen-bond acceptors (Lipinski definition) is 4. The molecule has 0 aliphatic carbocycles. The first kappa shape index (κ1) is 14.8. The molecule has 0 bridgehead atoms. The third-order valence-corrected chi connectivity index (χ3v) is 3.72. The van der Waals surface area contributed by atoms with Crippen LogP contribution in [0.5, 0.6) is 0 Å². The quantitative estimate of drug-likeness (QED) is 0.868. The second kappa shape index (κ2) is 6.23. The third kappa shape index (κ3) is 3.10. The zero-order valence-electron chi connectivity index (χ0n) is 10.4. The molecule has 1 aromatic carbocycles. The largest absolute Gasteiger partial charge is 0.337 e. The number of aromatic nitrogens is 2. The van der Waals surface area contributed by atoms with Crippen LogP contribution in [0, 0.1) is 0 Å². The summed E-state index contributed by atoms with van der Waals surface area (Å²) in [6.45, 7) is 0.221. The summed E-state index contributed by atoms with van der Waals surface area (Å²) in [5, 5.41) is 3.81. The molecule has 0 atom stereocenters. The number of alkyl halides is 2. The van der Waals surface area contributed by atoms with E-state index in [9.17, 15) is 13.6 Å². The summed E-state index contributed by atoms with van der Waals surface area (Å²) in [6.07, 6.45) is -2.82. The van der Waals surface area contributed by atoms with Gasteiger partial charge in [0.2, 0.25) is 0 Å². The molecule has 0 saturated heterocycles. The van der Waals surface area contributed by atoms with Crippen molar-refractivity contribution in [1.82, 2.24) is 14.5 Å². The highest BCUT2D eigenvalue weighted by molar-refractivity contribution is 7.08. The van der Waals surface area contributed by atoms with Gasteiger partial charge in [0.05, 0.1) is 0 Å². The lowest BCUT2D eigenvalue weighted by Gasteiger charge is -2.17. The predicted octanol–water partition coefficient (Wildman–Crippen LogP) is 3.40. The van der Waals surface area contributed by atoms with E-state index in [1.165, 1.54) is 11.9 Å². The number of halogens is 3. The maximum atomic E-state index is 12.7. The summed E-state index contributed by atoms with van der Waals surface area (Å²) in [6, 6.07) is 7.03. The molecule has 0 fully saturated rings. The van der Waals surface area contributed by atoms with Gasteiger partial charge in [-0.25, -0.2) is 8.78 Å². The van der Waals surface area contributed by atoms with Crippen molar-refractivity contribution in [2.45, 2.75) is 13.0 Å². The molecule has 1 amide bonds. The Bertz CT molecular complexity index is 620. The van der Waals surface area contributed by atoms with E-state index in [0.717, 1.165) is 5.56 Å². The van der Waals surface area contributed by atoms with Crippen molar-refractivity contribution in [2.75, 3.05) is 7.05 Å². The van der Waals surface area contributed by atoms with Gasteiger partial charge >= 0.3 is 0 Å². The number of hydrogen-bond donors (Lipinski definition) is 0. The molecule has 2 rings (SSSR count). The fraction of sp³-hybridized carbons (Fsp3) is 0.250. The van der Waals surface area contributed by atoms with Crippen LogP contribution in [0.1, 0.15) is 27.4 Å². The van der Waals surface area contributed by atoms with E-state index in [2.05, 4.69) is 9.59 Å². The van der Waals surface area contributed by atoms with Crippen molar-refractivity contribution in [3.63, 3.8) is 0 Å². The Morgan fingerprint density at radius 2 is 2.15 bits per heavy atom. The molecule has 4 nitrogen and oxygen atoms in total. The number of benzene rings is 1. The fourth-order valence-electron chi connectivity index (χ4n) is 1.62. The van der Waals surface area contributed by atoms with Crippen molar-refractivity contribution in [2.24, 2.45) is 0 Å². The molecule has 0 N–H and O–H groups in total. The minimum absolute atomic E-state index is 0.144. The topological polar surface area (TPSA) is 46.1 Å². The van der Waals surface area contributed by atoms with Gasteiger partial charge < -0.3 is 4.90 Å². The average molecular weight is 318 g/mol. The Labute approximate surface area is 123 Å². The van der Waals surface area contributed by atoms with E-state index in [1.807, 2.05) is 0 Å². The number of rotatable bonds is 4. The fourth-order valence-corrected chi connectivity index (χ4v) is 2.48. The molecule has 0 aliphatic rings. The number of carbonyl (C=O) groups excluding carboxylic acids is 1. The maximum absolute atomic E-state index is 12.7. The lowest BCUT2D eigenvalue weighted by molar-refractivity contribution is 0.0777. The first-order valence-corrected chi connectivity index (χ1v) is 6.75. The van der Waals surface area contributed by atoms with Crippen molar-refractivity contribution in [1.29, 1.82) is 0 Å². The van der Waals surface area contributed by atoms with Crippen molar-refractivity contribution < 1.29 is 13.6 Å². The van der Waals surface area contributed by atoms with Crippen molar-refractivity contribution in [3.8, 4) is 0 Å². The molecular weight excluding hydrogens is 308 g/mol. The zero-order chi connectivity index (χ0) is 14.7. The Morgan fingerprint density at radius 1 is 1.45 bits per heavy atom. The zero-order valence-corrected chi connectivity index (χ0v) is 12.0. The van der Waals surface area contributed by atoms with Gasteiger partial charge in [0.15, 0.2) is 5.69 Å². The van der Waals surface area contributed by atoms with Crippen LogP contribution in [0.15, 0.2) is 24.3 Å². The number of nitrogens with zero attached hydrogens (tertiary/aromatic N) is 3. The summed E-state index contributed by atoms with van der Waals surface area (Å²) in [5.74, 6) is -0.546. The molecular formula is C12H10ClF2N3OS. The molecule has 20 heavy (non-hydrogen) atoms. The second-order valence-corrected chi connectivity index (χ2v) is 5.20. The first-order valence-electron chi connectivity index (χ1n) is 5.60. The van der Waals surface area contributed by atoms with E-state index in [0.29, 0.717) is 16.6 Å². The highest BCUT2D eigenvalue weighted by Crippen LogP contribution is 2.25. The maximum Gasteiger partial charge on any atom is 0.283 e. The van der Waals surface area contributed by atoms with E-state index < -0.39 is 18.0 Å². The summed E-state index contributed by atoms with van der Waals surface area (Å²) in [4.78, 5) is 13.3. The van der Waals surface area contributed by atoms with Crippen LogP contribution in [0.2, 0.25) is 5.02 Å². The molecule has 1 aromatic heterocycles. The summed E-state index contributed by atoms with van der Waals surface area (Å²) < 4.78 is 28.8. The number of carbonyl (C=O) groups is 1. The smallest absolute Gasteiger partial charge is 0.283 e. The molecule has 0 saturated carbocycles. The lowest BCUT2D eigenvalue weighted by Crippen LogP contribution is -2.26. The van der Waals surface area contributed by atoms with Crippen LogP contribution in [0.25, 0.3) is 0 Å². The molecule has 106 valence electrons. The van der Waals surface area contributed by atoms with E-state index in [1.54, 1.807) is 24.3 Å². The Morgan fingerprint density at radius 3 is 2.80 bits per heavy atom. The monoisotopic (exact) mass is 317 g/mol. The van der Waals surface area contributed by atoms with Crippen LogP contribution in [-0.2, 0) is 6.54 Å². The van der Waals surface area contributed by atoms with Gasteiger partial charge in [0.25, 0.3) is 12.3 Å². The van der Waals surface area contributed by atoms with Crippen LogP contribution in [0.3, 0.4) is 0 Å². The lowest BCUT2D eigenvalue weighted by atomic mass is 10.2. The van der Waals surface area contributed by atoms with E-state index in [-0.39, 0.29) is 11.4 Å². The van der Waals surface area contributed by atoms with Gasteiger partial charge in [-0.1, -0.05) is 34.3 Å². The molecule has 0 aliphatic heterocycles. The molecule has 0 radical (unpaired) electrons. The highest BCUT2D eigenvalue weighted by Gasteiger charge is 2.25. The van der Waals surface area contributed by atoms with Gasteiger partial charge in [-0.2, -0.15) is 0 Å². The number of amides is 1. The molecule has 2 aromatic rings. The van der Waals surface area contributed by atoms with Gasteiger partial charge in [0, 0.05) is 18.6 Å². The first-order chi connectivity index (χ1) is 9.50. The third-order valence-electron chi connectivity index (χ3n) is 2.63. The molecule has 0 unspecified atom stereocenters. The van der Waals surface area contributed by atoms with Crippen LogP contribution >= 0.6 is 23.1 Å². The van der Waals surface area contributed by atoms with Crippen LogP contribution in [0.4, 0.5) is 8.78 Å². The summed E-state index contributed by atoms with van der Waals surface area (Å²) >= 11 is 6.66. The second-order valence-electron chi connectivity index (χ2n) is 4.04. The average Bonchev–Trinajstić information content (AvgIpc) is 2.89. The Hall–Kier alpha value is -1.60. The molecule has 1 heterocycles. The van der Waals surface area contributed by atoms with Gasteiger partial charge in [-0.3, -0.25) is 4.79 Å². The standard InChI is InChI=1S/C12H10ClF2N3OS/c1-18(6-7-4-2-3-5-8(7)13)12(19)10-9(11(14)15)16-17-20-10/h2-5,11H,6H2,1H3. The van der Waals surface area contributed by atoms with Gasteiger partial charge in [0.1, 0.15) is 4.88 Å². The highest BCUT2D eigenvalue weighted by atomic mass is 35.5.